The molecule has 2 rings (SSSR count). The number of likely N-dealkylation sites (tertiary alicyclic amines) is 1. The van der Waals surface area contributed by atoms with E-state index >= 15 is 0 Å². The zero-order valence-electron chi connectivity index (χ0n) is 9.77. The van der Waals surface area contributed by atoms with E-state index in [1.54, 1.807) is 20.8 Å². The van der Waals surface area contributed by atoms with Crippen molar-refractivity contribution in [2.75, 3.05) is 6.54 Å². The lowest BCUT2D eigenvalue weighted by molar-refractivity contribution is -0.142. The second-order valence-corrected chi connectivity index (χ2v) is 5.58. The summed E-state index contributed by atoms with van der Waals surface area (Å²) in [4.78, 5) is 24.2. The van der Waals surface area contributed by atoms with Gasteiger partial charge in [0.05, 0.1) is 0 Å². The molecule has 1 saturated carbocycles. The number of fused-ring (bicyclic) bond motifs is 1. The summed E-state index contributed by atoms with van der Waals surface area (Å²) in [6.45, 7) is 5.85. The van der Waals surface area contributed by atoms with Gasteiger partial charge < -0.3 is 9.84 Å². The molecule has 5 heteroatoms. The molecule has 16 heavy (non-hydrogen) atoms. The third-order valence-corrected chi connectivity index (χ3v) is 3.03. The maximum Gasteiger partial charge on any atom is 0.411 e. The molecule has 2 fully saturated rings. The minimum absolute atomic E-state index is 0.144. The largest absolute Gasteiger partial charge is 0.480 e. The predicted molar refractivity (Wildman–Crippen MR) is 56.0 cm³/mol. The molecule has 1 heterocycles. The summed E-state index contributed by atoms with van der Waals surface area (Å²) in [5.41, 5.74) is -0.576. The highest BCUT2D eigenvalue weighted by atomic mass is 16.6. The molecule has 0 bridgehead atoms. The lowest BCUT2D eigenvalue weighted by atomic mass is 10.2. The van der Waals surface area contributed by atoms with E-state index in [0.717, 1.165) is 6.42 Å². The number of hydrogen-bond donors (Lipinski definition) is 1. The molecule has 0 aromatic carbocycles. The Morgan fingerprint density at radius 1 is 1.38 bits per heavy atom. The average molecular weight is 227 g/mol. The van der Waals surface area contributed by atoms with Gasteiger partial charge in [0, 0.05) is 6.54 Å². The number of carboxylic acid groups (broad SMARTS) is 1. The Balaban J connectivity index is 2.04. The molecule has 0 aromatic rings. The van der Waals surface area contributed by atoms with Crippen LogP contribution in [0.5, 0.6) is 0 Å². The van der Waals surface area contributed by atoms with Crippen LogP contribution in [-0.4, -0.2) is 40.3 Å². The second-order valence-electron chi connectivity index (χ2n) is 5.58. The molecule has 0 spiro atoms. The van der Waals surface area contributed by atoms with Gasteiger partial charge in [0.1, 0.15) is 11.6 Å². The van der Waals surface area contributed by atoms with Gasteiger partial charge in [-0.3, -0.25) is 4.90 Å². The van der Waals surface area contributed by atoms with E-state index in [2.05, 4.69) is 0 Å². The third-order valence-electron chi connectivity index (χ3n) is 3.03. The predicted octanol–water partition coefficient (Wildman–Crippen LogP) is 1.33. The Morgan fingerprint density at radius 2 is 2.00 bits per heavy atom. The second kappa shape index (κ2) is 3.37. The number of aliphatic carboxylic acids is 1. The number of piperidine rings is 1. The first-order valence-corrected chi connectivity index (χ1v) is 5.52. The zero-order valence-corrected chi connectivity index (χ0v) is 9.77. The summed E-state index contributed by atoms with van der Waals surface area (Å²) < 4.78 is 5.19. The summed E-state index contributed by atoms with van der Waals surface area (Å²) in [6, 6.07) is -0.681. The molecule has 1 amide bonds. The molecule has 0 radical (unpaired) electrons. The Morgan fingerprint density at radius 3 is 2.50 bits per heavy atom. The van der Waals surface area contributed by atoms with Crippen LogP contribution in [0.2, 0.25) is 0 Å². The molecule has 1 N–H and O–H groups in total. The molecular formula is C11H17NO4. The van der Waals surface area contributed by atoms with Crippen molar-refractivity contribution < 1.29 is 19.4 Å². The van der Waals surface area contributed by atoms with Crippen LogP contribution in [0.3, 0.4) is 0 Å². The topological polar surface area (TPSA) is 66.8 Å². The van der Waals surface area contributed by atoms with Crippen LogP contribution in [-0.2, 0) is 9.53 Å². The highest BCUT2D eigenvalue weighted by molar-refractivity contribution is 5.82. The Hall–Kier alpha value is -1.26. The highest BCUT2D eigenvalue weighted by Gasteiger charge is 2.57. The van der Waals surface area contributed by atoms with Crippen LogP contribution in [0, 0.1) is 11.8 Å². The van der Waals surface area contributed by atoms with Gasteiger partial charge in [-0.2, -0.15) is 0 Å². The molecule has 1 aliphatic heterocycles. The van der Waals surface area contributed by atoms with Gasteiger partial charge in [-0.25, -0.2) is 9.59 Å². The highest BCUT2D eigenvalue weighted by Crippen LogP contribution is 2.49. The van der Waals surface area contributed by atoms with Crippen LogP contribution >= 0.6 is 0 Å². The lowest BCUT2D eigenvalue weighted by Crippen LogP contribution is -2.45. The van der Waals surface area contributed by atoms with Gasteiger partial charge in [-0.15, -0.1) is 0 Å². The van der Waals surface area contributed by atoms with Gasteiger partial charge in [-0.1, -0.05) is 0 Å². The molecular weight excluding hydrogens is 210 g/mol. The number of ether oxygens (including phenoxy) is 1. The van der Waals surface area contributed by atoms with Crippen LogP contribution < -0.4 is 0 Å². The summed E-state index contributed by atoms with van der Waals surface area (Å²) in [5.74, 6) is -0.408. The fraction of sp³-hybridized carbons (Fsp3) is 0.818. The van der Waals surface area contributed by atoms with Gasteiger partial charge in [0.2, 0.25) is 0 Å². The Labute approximate surface area is 94.4 Å². The first kappa shape index (κ1) is 11.2. The lowest BCUT2D eigenvalue weighted by Gasteiger charge is -2.28. The molecule has 1 aliphatic carbocycles. The van der Waals surface area contributed by atoms with Gasteiger partial charge >= 0.3 is 12.1 Å². The van der Waals surface area contributed by atoms with Crippen molar-refractivity contribution in [1.29, 1.82) is 0 Å². The van der Waals surface area contributed by atoms with Crippen molar-refractivity contribution in [3.05, 3.63) is 0 Å². The molecule has 1 unspecified atom stereocenters. The molecule has 0 aromatic heterocycles. The third kappa shape index (κ3) is 1.99. The maximum absolute atomic E-state index is 11.8. The first-order chi connectivity index (χ1) is 7.29. The van der Waals surface area contributed by atoms with E-state index in [1.165, 1.54) is 4.90 Å². The molecule has 5 nitrogen and oxygen atoms in total. The number of amides is 1. The van der Waals surface area contributed by atoms with E-state index in [1.807, 2.05) is 0 Å². The minimum Gasteiger partial charge on any atom is -0.480 e. The van der Waals surface area contributed by atoms with Crippen LogP contribution in [0.25, 0.3) is 0 Å². The van der Waals surface area contributed by atoms with E-state index in [-0.39, 0.29) is 5.92 Å². The van der Waals surface area contributed by atoms with Crippen molar-refractivity contribution in [3.8, 4) is 0 Å². The number of nitrogens with zero attached hydrogens (tertiary/aromatic N) is 1. The van der Waals surface area contributed by atoms with Gasteiger partial charge in [0.25, 0.3) is 0 Å². The van der Waals surface area contributed by atoms with Crippen molar-refractivity contribution >= 4 is 12.1 Å². The quantitative estimate of drug-likeness (QED) is 0.733. The normalized spacial score (nSPS) is 32.2. The van der Waals surface area contributed by atoms with Gasteiger partial charge in [0.15, 0.2) is 0 Å². The number of carboxylic acids is 1. The first-order valence-electron chi connectivity index (χ1n) is 5.52. The SMILES string of the molecule is CC(C)(C)OC(=O)N1C[C@H]2CC2[C@H]1C(=O)O. The Bertz CT molecular complexity index is 333. The smallest absolute Gasteiger partial charge is 0.411 e. The standard InChI is InChI=1S/C11H17NO4/c1-11(2,3)16-10(15)12-5-6-4-7(6)8(12)9(13)14/h6-8H,4-5H2,1-3H3,(H,13,14)/t6-,7?,8+/m1/s1. The fourth-order valence-corrected chi connectivity index (χ4v) is 2.29. The average Bonchev–Trinajstić information content (AvgIpc) is 2.73. The monoisotopic (exact) mass is 227 g/mol. The van der Waals surface area contributed by atoms with Crippen LogP contribution in [0.15, 0.2) is 0 Å². The summed E-state index contributed by atoms with van der Waals surface area (Å²) in [6.07, 6.45) is 0.420. The molecule has 1 saturated heterocycles. The van der Waals surface area contributed by atoms with E-state index in [0.29, 0.717) is 12.5 Å². The van der Waals surface area contributed by atoms with Gasteiger partial charge in [-0.05, 0) is 39.0 Å². The number of carbonyl (C=O) groups excluding carboxylic acids is 1. The van der Waals surface area contributed by atoms with Crippen molar-refractivity contribution in [2.24, 2.45) is 11.8 Å². The van der Waals surface area contributed by atoms with E-state index in [9.17, 15) is 9.59 Å². The fourth-order valence-electron chi connectivity index (χ4n) is 2.29. The van der Waals surface area contributed by atoms with Crippen LogP contribution in [0.1, 0.15) is 27.2 Å². The van der Waals surface area contributed by atoms with E-state index in [4.69, 9.17) is 9.84 Å². The summed E-state index contributed by atoms with van der Waals surface area (Å²) >= 11 is 0. The van der Waals surface area contributed by atoms with E-state index < -0.39 is 23.7 Å². The molecule has 2 aliphatic rings. The summed E-state index contributed by atoms with van der Waals surface area (Å²) in [7, 11) is 0. The number of hydrogen-bond acceptors (Lipinski definition) is 3. The van der Waals surface area contributed by atoms with Crippen LogP contribution in [0.4, 0.5) is 4.79 Å². The minimum atomic E-state index is -0.921. The number of carbonyl (C=O) groups is 2. The van der Waals surface area contributed by atoms with Crippen molar-refractivity contribution in [1.82, 2.24) is 4.90 Å². The van der Waals surface area contributed by atoms with Crippen molar-refractivity contribution in [2.45, 2.75) is 38.8 Å². The maximum atomic E-state index is 11.8. The molecule has 3 atom stereocenters. The molecule has 90 valence electrons. The zero-order chi connectivity index (χ0) is 12.1. The number of rotatable bonds is 1. The summed E-state index contributed by atoms with van der Waals surface area (Å²) in [5, 5.41) is 9.08. The Kier molecular flexibility index (Phi) is 2.36. The van der Waals surface area contributed by atoms with Crippen molar-refractivity contribution in [3.63, 3.8) is 0 Å².